The molecule has 1 aliphatic carbocycles. The van der Waals surface area contributed by atoms with E-state index in [0.29, 0.717) is 6.54 Å². The zero-order chi connectivity index (χ0) is 13.0. The Morgan fingerprint density at radius 1 is 1.39 bits per heavy atom. The summed E-state index contributed by atoms with van der Waals surface area (Å²) in [6, 6.07) is 10.3. The van der Waals surface area contributed by atoms with Gasteiger partial charge < -0.3 is 11.1 Å². The smallest absolute Gasteiger partial charge is 0.226 e. The van der Waals surface area contributed by atoms with Crippen molar-refractivity contribution < 1.29 is 4.79 Å². The van der Waals surface area contributed by atoms with E-state index in [2.05, 4.69) is 17.4 Å². The van der Waals surface area contributed by atoms with E-state index in [1.54, 1.807) is 0 Å². The van der Waals surface area contributed by atoms with Gasteiger partial charge in [0.25, 0.3) is 0 Å². The second kappa shape index (κ2) is 5.53. The molecule has 0 saturated heterocycles. The maximum atomic E-state index is 12.4. The molecule has 0 aliphatic heterocycles. The second-order valence-corrected chi connectivity index (χ2v) is 5.41. The van der Waals surface area contributed by atoms with Crippen molar-refractivity contribution in [2.45, 2.75) is 38.6 Å². The van der Waals surface area contributed by atoms with E-state index in [9.17, 15) is 4.79 Å². The first kappa shape index (κ1) is 13.1. The highest BCUT2D eigenvalue weighted by Gasteiger charge is 2.44. The summed E-state index contributed by atoms with van der Waals surface area (Å²) in [6.07, 6.45) is 3.98. The monoisotopic (exact) mass is 246 g/mol. The Kier molecular flexibility index (Phi) is 4.02. The topological polar surface area (TPSA) is 55.1 Å². The zero-order valence-electron chi connectivity index (χ0n) is 11.0. The molecular weight excluding hydrogens is 224 g/mol. The van der Waals surface area contributed by atoms with Crippen LogP contribution in [0.1, 0.15) is 31.7 Å². The van der Waals surface area contributed by atoms with Gasteiger partial charge in [-0.2, -0.15) is 0 Å². The molecule has 0 spiro atoms. The number of hydrogen-bond donors (Lipinski definition) is 2. The zero-order valence-corrected chi connectivity index (χ0v) is 11.0. The lowest BCUT2D eigenvalue weighted by Gasteiger charge is -2.41. The van der Waals surface area contributed by atoms with Gasteiger partial charge in [-0.25, -0.2) is 0 Å². The third kappa shape index (κ3) is 2.72. The summed E-state index contributed by atoms with van der Waals surface area (Å²) in [6.45, 7) is 2.44. The van der Waals surface area contributed by atoms with Crippen LogP contribution in [0.25, 0.3) is 0 Å². The van der Waals surface area contributed by atoms with Crippen molar-refractivity contribution in [1.82, 2.24) is 5.32 Å². The van der Waals surface area contributed by atoms with Crippen LogP contribution in [0.3, 0.4) is 0 Å². The molecule has 0 radical (unpaired) electrons. The largest absolute Gasteiger partial charge is 0.352 e. The van der Waals surface area contributed by atoms with Gasteiger partial charge in [0.2, 0.25) is 5.91 Å². The van der Waals surface area contributed by atoms with E-state index in [4.69, 9.17) is 5.73 Å². The number of rotatable bonds is 5. The number of hydrogen-bond acceptors (Lipinski definition) is 2. The van der Waals surface area contributed by atoms with Gasteiger partial charge in [0.15, 0.2) is 0 Å². The van der Waals surface area contributed by atoms with Gasteiger partial charge in [-0.05, 0) is 31.7 Å². The second-order valence-electron chi connectivity index (χ2n) is 5.41. The summed E-state index contributed by atoms with van der Waals surface area (Å²) in [5.41, 5.74) is 6.61. The minimum absolute atomic E-state index is 0.0609. The van der Waals surface area contributed by atoms with E-state index in [1.807, 2.05) is 25.1 Å². The normalized spacial score (nSPS) is 18.8. The van der Waals surface area contributed by atoms with Gasteiger partial charge in [0.1, 0.15) is 0 Å². The fraction of sp³-hybridized carbons (Fsp3) is 0.533. The molecular formula is C15H22N2O. The first-order valence-corrected chi connectivity index (χ1v) is 6.71. The van der Waals surface area contributed by atoms with E-state index in [-0.39, 0.29) is 17.4 Å². The van der Waals surface area contributed by atoms with Crippen molar-refractivity contribution in [3.8, 4) is 0 Å². The summed E-state index contributed by atoms with van der Waals surface area (Å²) in [5.74, 6) is 0.176. The van der Waals surface area contributed by atoms with Crippen molar-refractivity contribution in [3.63, 3.8) is 0 Å². The summed E-state index contributed by atoms with van der Waals surface area (Å²) in [7, 11) is 0. The van der Waals surface area contributed by atoms with Crippen LogP contribution in [-0.4, -0.2) is 18.5 Å². The SMILES string of the molecule is C[C@@H](CN)NC(=O)C1(Cc2ccccc2)CCC1. The minimum Gasteiger partial charge on any atom is -0.352 e. The number of carbonyl (C=O) groups excluding carboxylic acids is 1. The van der Waals surface area contributed by atoms with Gasteiger partial charge in [-0.15, -0.1) is 0 Å². The number of nitrogens with two attached hydrogens (primary N) is 1. The molecule has 98 valence electrons. The summed E-state index contributed by atoms with van der Waals surface area (Å²) in [5, 5.41) is 3.03. The fourth-order valence-corrected chi connectivity index (χ4v) is 2.51. The molecule has 3 heteroatoms. The Bertz CT molecular complexity index is 398. The Balaban J connectivity index is 2.04. The molecule has 3 nitrogen and oxygen atoms in total. The average Bonchev–Trinajstić information content (AvgIpc) is 2.34. The van der Waals surface area contributed by atoms with Crippen molar-refractivity contribution >= 4 is 5.91 Å². The standard InChI is InChI=1S/C15H22N2O/c1-12(11-16)17-14(18)15(8-5-9-15)10-13-6-3-2-4-7-13/h2-4,6-7,12H,5,8-11,16H2,1H3,(H,17,18)/t12-/m0/s1. The molecule has 0 unspecified atom stereocenters. The quantitative estimate of drug-likeness (QED) is 0.833. The van der Waals surface area contributed by atoms with Crippen LogP contribution >= 0.6 is 0 Å². The van der Waals surface area contributed by atoms with E-state index >= 15 is 0 Å². The molecule has 0 aromatic heterocycles. The van der Waals surface area contributed by atoms with Crippen LogP contribution in [0.4, 0.5) is 0 Å². The highest BCUT2D eigenvalue weighted by atomic mass is 16.2. The predicted octanol–water partition coefficient (Wildman–Crippen LogP) is 1.86. The Morgan fingerprint density at radius 2 is 2.06 bits per heavy atom. The highest BCUT2D eigenvalue weighted by molar-refractivity contribution is 5.84. The van der Waals surface area contributed by atoms with Crippen LogP contribution in [0.15, 0.2) is 30.3 Å². The van der Waals surface area contributed by atoms with Crippen LogP contribution in [0, 0.1) is 5.41 Å². The maximum absolute atomic E-state index is 12.4. The average molecular weight is 246 g/mol. The van der Waals surface area contributed by atoms with Crippen LogP contribution in [-0.2, 0) is 11.2 Å². The lowest BCUT2D eigenvalue weighted by molar-refractivity contribution is -0.136. The first-order valence-electron chi connectivity index (χ1n) is 6.71. The van der Waals surface area contributed by atoms with E-state index in [0.717, 1.165) is 25.7 Å². The van der Waals surface area contributed by atoms with Gasteiger partial charge in [-0.1, -0.05) is 36.8 Å². The molecule has 3 N–H and O–H groups in total. The molecule has 1 amide bonds. The number of nitrogens with one attached hydrogen (secondary N) is 1. The number of amides is 1. The van der Waals surface area contributed by atoms with Crippen LogP contribution in [0.2, 0.25) is 0 Å². The maximum Gasteiger partial charge on any atom is 0.226 e. The Morgan fingerprint density at radius 3 is 2.56 bits per heavy atom. The molecule has 0 heterocycles. The third-order valence-corrected chi connectivity index (χ3v) is 3.91. The molecule has 1 aromatic rings. The molecule has 1 aromatic carbocycles. The van der Waals surface area contributed by atoms with E-state index in [1.165, 1.54) is 5.56 Å². The number of carbonyl (C=O) groups is 1. The molecule has 0 bridgehead atoms. The predicted molar refractivity (Wildman–Crippen MR) is 73.1 cm³/mol. The summed E-state index contributed by atoms with van der Waals surface area (Å²) >= 11 is 0. The van der Waals surface area contributed by atoms with Crippen LogP contribution < -0.4 is 11.1 Å². The van der Waals surface area contributed by atoms with Crippen molar-refractivity contribution in [2.75, 3.05) is 6.54 Å². The van der Waals surface area contributed by atoms with E-state index < -0.39 is 0 Å². The van der Waals surface area contributed by atoms with Crippen molar-refractivity contribution in [2.24, 2.45) is 11.1 Å². The summed E-state index contributed by atoms with van der Waals surface area (Å²) in [4.78, 5) is 12.4. The van der Waals surface area contributed by atoms with Crippen molar-refractivity contribution in [3.05, 3.63) is 35.9 Å². The highest BCUT2D eigenvalue weighted by Crippen LogP contribution is 2.44. The molecule has 1 fully saturated rings. The molecule has 1 aliphatic rings. The number of benzene rings is 1. The minimum atomic E-state index is -0.190. The Labute approximate surface area is 109 Å². The molecule has 1 saturated carbocycles. The third-order valence-electron chi connectivity index (χ3n) is 3.91. The van der Waals surface area contributed by atoms with Gasteiger partial charge >= 0.3 is 0 Å². The first-order chi connectivity index (χ1) is 8.66. The summed E-state index contributed by atoms with van der Waals surface area (Å²) < 4.78 is 0. The molecule has 2 rings (SSSR count). The Hall–Kier alpha value is -1.35. The van der Waals surface area contributed by atoms with Crippen molar-refractivity contribution in [1.29, 1.82) is 0 Å². The van der Waals surface area contributed by atoms with Gasteiger partial charge in [0, 0.05) is 12.6 Å². The lowest BCUT2D eigenvalue weighted by Crippen LogP contribution is -2.51. The fourth-order valence-electron chi connectivity index (χ4n) is 2.51. The molecule has 1 atom stereocenters. The van der Waals surface area contributed by atoms with Gasteiger partial charge in [-0.3, -0.25) is 4.79 Å². The molecule has 18 heavy (non-hydrogen) atoms. The lowest BCUT2D eigenvalue weighted by atomic mass is 9.64. The van der Waals surface area contributed by atoms with Crippen LogP contribution in [0.5, 0.6) is 0 Å². The van der Waals surface area contributed by atoms with Gasteiger partial charge in [0.05, 0.1) is 5.41 Å².